The van der Waals surface area contributed by atoms with Crippen LogP contribution < -0.4 is 5.32 Å². The predicted molar refractivity (Wildman–Crippen MR) is 55.9 cm³/mol. The maximum absolute atomic E-state index is 3.35. The zero-order chi connectivity index (χ0) is 7.82. The Kier molecular flexibility index (Phi) is 8.33. The number of nitrogens with one attached hydrogen (secondary N) is 1. The molecule has 10 heavy (non-hydrogen) atoms. The van der Waals surface area contributed by atoms with Crippen molar-refractivity contribution >= 4 is 22.6 Å². The van der Waals surface area contributed by atoms with Gasteiger partial charge >= 0.3 is 0 Å². The molecule has 1 atom stereocenters. The second-order valence-corrected chi connectivity index (χ2v) is 4.31. The molecule has 0 bridgehead atoms. The number of alkyl halides is 1. The van der Waals surface area contributed by atoms with E-state index in [9.17, 15) is 0 Å². The summed E-state index contributed by atoms with van der Waals surface area (Å²) in [5, 5.41) is 3.35. The van der Waals surface area contributed by atoms with Gasteiger partial charge in [0.15, 0.2) is 0 Å². The van der Waals surface area contributed by atoms with Crippen LogP contribution in [-0.4, -0.2) is 17.0 Å². The fraction of sp³-hybridized carbons (Fsp3) is 1.00. The fourth-order valence-corrected chi connectivity index (χ4v) is 1.58. The first kappa shape index (κ1) is 10.7. The molecule has 0 aliphatic heterocycles. The molecule has 0 amide bonds. The smallest absolute Gasteiger partial charge is 0.0234 e. The van der Waals surface area contributed by atoms with Crippen LogP contribution in [0.4, 0.5) is 0 Å². The van der Waals surface area contributed by atoms with Gasteiger partial charge in [-0.25, -0.2) is 0 Å². The van der Waals surface area contributed by atoms with E-state index in [4.69, 9.17) is 0 Å². The Balaban J connectivity index is 3.00. The minimum absolute atomic E-state index is 0.831. The third-order valence-electron chi connectivity index (χ3n) is 1.49. The molecule has 0 radical (unpaired) electrons. The van der Waals surface area contributed by atoms with E-state index in [2.05, 4.69) is 41.8 Å². The molecule has 0 fully saturated rings. The number of hydrogen-bond acceptors (Lipinski definition) is 1. The molecule has 0 aromatic heterocycles. The minimum atomic E-state index is 0.831. The number of unbranched alkanes of at least 4 members (excludes halogenated alkanes) is 1. The average Bonchev–Trinajstić information content (AvgIpc) is 1.97. The maximum Gasteiger partial charge on any atom is 0.0234 e. The zero-order valence-electron chi connectivity index (χ0n) is 6.99. The Morgan fingerprint density at radius 3 is 2.60 bits per heavy atom. The zero-order valence-corrected chi connectivity index (χ0v) is 9.15. The molecule has 0 aromatic rings. The van der Waals surface area contributed by atoms with Crippen LogP contribution in [-0.2, 0) is 0 Å². The van der Waals surface area contributed by atoms with Crippen molar-refractivity contribution in [3.63, 3.8) is 0 Å². The number of hydrogen-bond donors (Lipinski definition) is 1. The van der Waals surface area contributed by atoms with Crippen molar-refractivity contribution in [1.82, 2.24) is 5.32 Å². The largest absolute Gasteiger partial charge is 0.316 e. The highest BCUT2D eigenvalue weighted by Crippen LogP contribution is 2.08. The first-order valence-corrected chi connectivity index (χ1v) is 5.40. The van der Waals surface area contributed by atoms with Gasteiger partial charge in [-0.15, -0.1) is 0 Å². The summed E-state index contributed by atoms with van der Waals surface area (Å²) in [4.78, 5) is 0. The van der Waals surface area contributed by atoms with Crippen molar-refractivity contribution in [3.8, 4) is 0 Å². The van der Waals surface area contributed by atoms with Crippen LogP contribution in [0.25, 0.3) is 0 Å². The van der Waals surface area contributed by atoms with Crippen LogP contribution in [0.1, 0.15) is 33.1 Å². The molecule has 1 nitrogen and oxygen atoms in total. The highest BCUT2D eigenvalue weighted by atomic mass is 127. The quantitative estimate of drug-likeness (QED) is 0.568. The van der Waals surface area contributed by atoms with Gasteiger partial charge in [0.25, 0.3) is 0 Å². The van der Waals surface area contributed by atoms with Gasteiger partial charge in [-0.1, -0.05) is 49.3 Å². The molecule has 1 N–H and O–H groups in total. The second-order valence-electron chi connectivity index (χ2n) is 2.55. The van der Waals surface area contributed by atoms with Crippen molar-refractivity contribution in [2.45, 2.75) is 37.0 Å². The highest BCUT2D eigenvalue weighted by molar-refractivity contribution is 14.1. The van der Waals surface area contributed by atoms with E-state index in [1.807, 2.05) is 0 Å². The molecule has 1 unspecified atom stereocenters. The van der Waals surface area contributed by atoms with E-state index in [-0.39, 0.29) is 0 Å². The molecule has 0 saturated carbocycles. The van der Waals surface area contributed by atoms with Crippen LogP contribution in [0.15, 0.2) is 0 Å². The van der Waals surface area contributed by atoms with Gasteiger partial charge in [-0.3, -0.25) is 0 Å². The molecular formula is C8H18IN. The lowest BCUT2D eigenvalue weighted by Crippen LogP contribution is -2.22. The first-order chi connectivity index (χ1) is 4.81. The normalized spacial score (nSPS) is 13.5. The fourth-order valence-electron chi connectivity index (χ4n) is 0.829. The van der Waals surface area contributed by atoms with Crippen LogP contribution in [0, 0.1) is 0 Å². The summed E-state index contributed by atoms with van der Waals surface area (Å²) >= 11 is 2.53. The van der Waals surface area contributed by atoms with Gasteiger partial charge in [0, 0.05) is 10.5 Å². The van der Waals surface area contributed by atoms with Gasteiger partial charge in [-0.2, -0.15) is 0 Å². The van der Waals surface area contributed by atoms with E-state index in [0.717, 1.165) is 10.5 Å². The van der Waals surface area contributed by atoms with Gasteiger partial charge in [0.05, 0.1) is 0 Å². The molecular weight excluding hydrogens is 237 g/mol. The molecule has 0 aliphatic carbocycles. The van der Waals surface area contributed by atoms with E-state index in [0.29, 0.717) is 0 Å². The molecule has 0 heterocycles. The van der Waals surface area contributed by atoms with Crippen LogP contribution in [0.5, 0.6) is 0 Å². The Morgan fingerprint density at radius 2 is 2.10 bits per heavy atom. The van der Waals surface area contributed by atoms with Crippen LogP contribution in [0.3, 0.4) is 0 Å². The summed E-state index contributed by atoms with van der Waals surface area (Å²) in [6, 6.07) is 0. The Morgan fingerprint density at radius 1 is 1.40 bits per heavy atom. The molecule has 0 saturated heterocycles. The van der Waals surface area contributed by atoms with Gasteiger partial charge in [0.1, 0.15) is 0 Å². The van der Waals surface area contributed by atoms with Crippen molar-refractivity contribution in [1.29, 1.82) is 0 Å². The maximum atomic E-state index is 3.35. The lowest BCUT2D eigenvalue weighted by Gasteiger charge is -2.08. The summed E-state index contributed by atoms with van der Waals surface area (Å²) in [7, 11) is 0. The number of rotatable bonds is 6. The minimum Gasteiger partial charge on any atom is -0.316 e. The second kappa shape index (κ2) is 7.79. The van der Waals surface area contributed by atoms with Gasteiger partial charge in [0.2, 0.25) is 0 Å². The van der Waals surface area contributed by atoms with Crippen molar-refractivity contribution < 1.29 is 0 Å². The highest BCUT2D eigenvalue weighted by Gasteiger charge is 2.00. The third kappa shape index (κ3) is 6.81. The summed E-state index contributed by atoms with van der Waals surface area (Å²) < 4.78 is 0.831. The standard InChI is InChI=1S/C8H18IN/c1-3-5-6-8(9)7-10-4-2/h8,10H,3-7H2,1-2H3. The Hall–Kier alpha value is 0.690. The predicted octanol–water partition coefficient (Wildman–Crippen LogP) is 2.59. The van der Waals surface area contributed by atoms with Crippen molar-refractivity contribution in [3.05, 3.63) is 0 Å². The van der Waals surface area contributed by atoms with Crippen molar-refractivity contribution in [2.24, 2.45) is 0 Å². The van der Waals surface area contributed by atoms with E-state index in [1.165, 1.54) is 25.8 Å². The van der Waals surface area contributed by atoms with E-state index < -0.39 is 0 Å². The van der Waals surface area contributed by atoms with E-state index >= 15 is 0 Å². The molecule has 0 rings (SSSR count). The first-order valence-electron chi connectivity index (χ1n) is 4.16. The Bertz CT molecular complexity index is 58.3. The molecule has 62 valence electrons. The van der Waals surface area contributed by atoms with Crippen LogP contribution >= 0.6 is 22.6 Å². The summed E-state index contributed by atoms with van der Waals surface area (Å²) in [6.07, 6.45) is 4.06. The lowest BCUT2D eigenvalue weighted by atomic mass is 10.2. The van der Waals surface area contributed by atoms with Crippen molar-refractivity contribution in [2.75, 3.05) is 13.1 Å². The Labute approximate surface area is 78.1 Å². The summed E-state index contributed by atoms with van der Waals surface area (Å²) in [5.41, 5.74) is 0. The molecule has 0 spiro atoms. The van der Waals surface area contributed by atoms with Gasteiger partial charge in [-0.05, 0) is 13.0 Å². The molecule has 0 aliphatic rings. The SMILES string of the molecule is CCCCC(I)CNCC. The molecule has 2 heteroatoms. The number of halogens is 1. The van der Waals surface area contributed by atoms with Gasteiger partial charge < -0.3 is 5.32 Å². The third-order valence-corrected chi connectivity index (χ3v) is 2.55. The monoisotopic (exact) mass is 255 g/mol. The summed E-state index contributed by atoms with van der Waals surface area (Å²) in [5.74, 6) is 0. The summed E-state index contributed by atoms with van der Waals surface area (Å²) in [6.45, 7) is 6.68. The van der Waals surface area contributed by atoms with Crippen LogP contribution in [0.2, 0.25) is 0 Å². The lowest BCUT2D eigenvalue weighted by molar-refractivity contribution is 0.637. The average molecular weight is 255 g/mol. The van der Waals surface area contributed by atoms with E-state index in [1.54, 1.807) is 0 Å². The molecule has 0 aromatic carbocycles. The topological polar surface area (TPSA) is 12.0 Å².